The second kappa shape index (κ2) is 7.14. The van der Waals surface area contributed by atoms with Gasteiger partial charge in [-0.3, -0.25) is 0 Å². The smallest absolute Gasteiger partial charge is 0.200 e. The van der Waals surface area contributed by atoms with Crippen LogP contribution in [0.2, 0.25) is 0 Å². The first-order valence-corrected chi connectivity index (χ1v) is 9.71. The van der Waals surface area contributed by atoms with E-state index in [-0.39, 0.29) is 10.8 Å². The quantitative estimate of drug-likeness (QED) is 0.629. The van der Waals surface area contributed by atoms with Crippen LogP contribution in [0.15, 0.2) is 63.3 Å². The number of fused-ring (bicyclic) bond motifs is 1. The van der Waals surface area contributed by atoms with Crippen molar-refractivity contribution in [1.82, 2.24) is 4.98 Å². The summed E-state index contributed by atoms with van der Waals surface area (Å²) in [6, 6.07) is 14.3. The Morgan fingerprint density at radius 2 is 2.08 bits per heavy atom. The van der Waals surface area contributed by atoms with E-state index in [1.807, 2.05) is 38.1 Å². The highest BCUT2D eigenvalue weighted by molar-refractivity contribution is 7.94. The van der Waals surface area contributed by atoms with E-state index in [9.17, 15) is 8.42 Å². The Bertz CT molecular complexity index is 1120. The summed E-state index contributed by atoms with van der Waals surface area (Å²) in [5.74, 6) is 0.648. The van der Waals surface area contributed by atoms with E-state index in [1.165, 1.54) is 6.07 Å². The average Bonchev–Trinajstić information content (AvgIpc) is 3.01. The molecule has 1 aromatic heterocycles. The fourth-order valence-electron chi connectivity index (χ4n) is 2.75. The summed E-state index contributed by atoms with van der Waals surface area (Å²) in [5, 5.41) is 9.46. The van der Waals surface area contributed by atoms with Crippen LogP contribution >= 0.6 is 0 Å². The normalized spacial score (nSPS) is 13.1. The molecule has 0 aliphatic rings. The zero-order chi connectivity index (χ0) is 18.7. The highest BCUT2D eigenvalue weighted by Gasteiger charge is 2.16. The number of hydrogen-bond donors (Lipinski definition) is 0. The molecule has 0 aliphatic heterocycles. The van der Waals surface area contributed by atoms with Gasteiger partial charge in [0.2, 0.25) is 9.84 Å². The van der Waals surface area contributed by atoms with E-state index in [0.29, 0.717) is 12.3 Å². The van der Waals surface area contributed by atoms with E-state index >= 15 is 0 Å². The average molecular weight is 366 g/mol. The molecule has 0 spiro atoms. The van der Waals surface area contributed by atoms with Gasteiger partial charge in [0.1, 0.15) is 5.52 Å². The molecule has 0 fully saturated rings. The molecule has 0 radical (unpaired) electrons. The first-order chi connectivity index (χ1) is 12.4. The summed E-state index contributed by atoms with van der Waals surface area (Å²) < 4.78 is 30.2. The number of sulfone groups is 1. The van der Waals surface area contributed by atoms with Crippen LogP contribution < -0.4 is 0 Å². The molecule has 26 heavy (non-hydrogen) atoms. The highest BCUT2D eigenvalue weighted by atomic mass is 32.2. The van der Waals surface area contributed by atoms with Crippen LogP contribution in [-0.2, 0) is 16.3 Å². The molecule has 3 rings (SSSR count). The molecule has 0 saturated carbocycles. The Labute approximate surface area is 152 Å². The van der Waals surface area contributed by atoms with Crippen LogP contribution in [0.5, 0.6) is 0 Å². The van der Waals surface area contributed by atoms with Gasteiger partial charge < -0.3 is 4.42 Å². The van der Waals surface area contributed by atoms with Gasteiger partial charge in [-0.2, -0.15) is 5.26 Å². The molecular weight excluding hydrogens is 348 g/mol. The van der Waals surface area contributed by atoms with Crippen LogP contribution in [0, 0.1) is 18.3 Å². The number of nitriles is 1. The highest BCUT2D eigenvalue weighted by Crippen LogP contribution is 2.25. The lowest BCUT2D eigenvalue weighted by molar-refractivity contribution is 0.508. The van der Waals surface area contributed by atoms with Crippen molar-refractivity contribution in [3.63, 3.8) is 0 Å². The van der Waals surface area contributed by atoms with Gasteiger partial charge in [0.05, 0.1) is 11.0 Å². The topological polar surface area (TPSA) is 84.0 Å². The molecule has 132 valence electrons. The maximum Gasteiger partial charge on any atom is 0.200 e. The van der Waals surface area contributed by atoms with Crippen LogP contribution in [0.1, 0.15) is 29.9 Å². The van der Waals surface area contributed by atoms with Crippen molar-refractivity contribution >= 4 is 20.9 Å². The molecule has 1 heterocycles. The Balaban J connectivity index is 1.85. The van der Waals surface area contributed by atoms with Crippen molar-refractivity contribution in [2.24, 2.45) is 0 Å². The lowest BCUT2D eigenvalue weighted by Crippen LogP contribution is -2.02. The van der Waals surface area contributed by atoms with E-state index in [2.05, 4.69) is 4.98 Å². The third kappa shape index (κ3) is 3.84. The number of aryl methyl sites for hydroxylation is 1. The molecule has 1 atom stereocenters. The minimum Gasteiger partial charge on any atom is -0.441 e. The molecule has 1 unspecified atom stereocenters. The lowest BCUT2D eigenvalue weighted by atomic mass is 9.98. The van der Waals surface area contributed by atoms with Gasteiger partial charge in [0, 0.05) is 17.9 Å². The summed E-state index contributed by atoms with van der Waals surface area (Å²) >= 11 is 0. The van der Waals surface area contributed by atoms with Gasteiger partial charge in [0.25, 0.3) is 0 Å². The number of oxazole rings is 1. The van der Waals surface area contributed by atoms with Crippen molar-refractivity contribution < 1.29 is 12.8 Å². The van der Waals surface area contributed by atoms with Gasteiger partial charge >= 0.3 is 0 Å². The van der Waals surface area contributed by atoms with Crippen LogP contribution in [0.3, 0.4) is 0 Å². The molecule has 0 saturated heterocycles. The Morgan fingerprint density at radius 3 is 2.85 bits per heavy atom. The SMILES string of the molecule is Cc1ccc2oc(CC(C)c3cccc(S(=O)(=O)/C=C/C#N)c3)nc2c1. The van der Waals surface area contributed by atoms with Crippen molar-refractivity contribution in [1.29, 1.82) is 5.26 Å². The number of aromatic nitrogens is 1. The van der Waals surface area contributed by atoms with Gasteiger partial charge in [-0.25, -0.2) is 13.4 Å². The lowest BCUT2D eigenvalue weighted by Gasteiger charge is -2.11. The maximum atomic E-state index is 12.2. The number of allylic oxidation sites excluding steroid dienone is 1. The van der Waals surface area contributed by atoms with Gasteiger partial charge in [0.15, 0.2) is 11.5 Å². The maximum absolute atomic E-state index is 12.2. The van der Waals surface area contributed by atoms with Gasteiger partial charge in [-0.1, -0.05) is 25.1 Å². The molecule has 6 heteroatoms. The Hall–Kier alpha value is -2.91. The van der Waals surface area contributed by atoms with Gasteiger partial charge in [-0.05, 0) is 48.2 Å². The molecule has 0 bridgehead atoms. The molecule has 0 amide bonds. The summed E-state index contributed by atoms with van der Waals surface area (Å²) in [6.45, 7) is 4.00. The van der Waals surface area contributed by atoms with Gasteiger partial charge in [-0.15, -0.1) is 0 Å². The zero-order valence-electron chi connectivity index (χ0n) is 14.5. The fraction of sp³-hybridized carbons (Fsp3) is 0.200. The molecule has 5 nitrogen and oxygen atoms in total. The third-order valence-corrected chi connectivity index (χ3v) is 5.55. The van der Waals surface area contributed by atoms with Crippen LogP contribution in [-0.4, -0.2) is 13.4 Å². The number of hydrogen-bond acceptors (Lipinski definition) is 5. The molecule has 0 N–H and O–H groups in total. The van der Waals surface area contributed by atoms with Crippen LogP contribution in [0.25, 0.3) is 11.1 Å². The van der Waals surface area contributed by atoms with E-state index in [0.717, 1.165) is 33.7 Å². The number of benzene rings is 2. The van der Waals surface area contributed by atoms with E-state index in [4.69, 9.17) is 9.68 Å². The van der Waals surface area contributed by atoms with Crippen molar-refractivity contribution in [2.75, 3.05) is 0 Å². The largest absolute Gasteiger partial charge is 0.441 e. The molecule has 0 aliphatic carbocycles. The minimum atomic E-state index is -3.62. The summed E-state index contributed by atoms with van der Waals surface area (Å²) in [7, 11) is -3.62. The second-order valence-corrected chi connectivity index (χ2v) is 8.07. The summed E-state index contributed by atoms with van der Waals surface area (Å²) in [5.41, 5.74) is 3.56. The Morgan fingerprint density at radius 1 is 1.27 bits per heavy atom. The minimum absolute atomic E-state index is 0.0271. The second-order valence-electron chi connectivity index (χ2n) is 6.23. The predicted octanol–water partition coefficient (Wildman–Crippen LogP) is 4.29. The standard InChI is InChI=1S/C20H18N2O3S/c1-14-7-8-19-18(11-14)22-20(25-19)12-15(2)16-5-3-6-17(13-16)26(23,24)10-4-9-21/h3-8,10-11,13,15H,12H2,1-2H3/b10-4+. The van der Waals surface area contributed by atoms with Crippen molar-refractivity contribution in [3.8, 4) is 6.07 Å². The summed E-state index contributed by atoms with van der Waals surface area (Å²) in [4.78, 5) is 4.69. The first-order valence-electron chi connectivity index (χ1n) is 8.16. The van der Waals surface area contributed by atoms with Crippen LogP contribution in [0.4, 0.5) is 0 Å². The number of nitrogens with zero attached hydrogens (tertiary/aromatic N) is 2. The fourth-order valence-corrected chi connectivity index (χ4v) is 3.71. The zero-order valence-corrected chi connectivity index (χ0v) is 15.3. The molecule has 2 aromatic carbocycles. The third-order valence-electron chi connectivity index (χ3n) is 4.15. The van der Waals surface area contributed by atoms with E-state index < -0.39 is 9.84 Å². The predicted molar refractivity (Wildman–Crippen MR) is 99.2 cm³/mol. The number of rotatable bonds is 5. The van der Waals surface area contributed by atoms with E-state index in [1.54, 1.807) is 18.2 Å². The monoisotopic (exact) mass is 366 g/mol. The van der Waals surface area contributed by atoms with Crippen molar-refractivity contribution in [2.45, 2.75) is 31.1 Å². The summed E-state index contributed by atoms with van der Waals surface area (Å²) in [6.07, 6.45) is 1.52. The first kappa shape index (κ1) is 17.9. The molecule has 3 aromatic rings. The van der Waals surface area contributed by atoms with Crippen molar-refractivity contribution in [3.05, 3.63) is 71.0 Å². The Kier molecular flexibility index (Phi) is 4.92. The molecular formula is C20H18N2O3S.